The van der Waals surface area contributed by atoms with E-state index in [1.807, 2.05) is 6.08 Å². The molecule has 0 spiro atoms. The van der Waals surface area contributed by atoms with Crippen LogP contribution in [-0.4, -0.2) is 34.9 Å². The van der Waals surface area contributed by atoms with Crippen LogP contribution in [0.1, 0.15) is 258 Å². The molecule has 0 fully saturated rings. The number of allylic oxidation sites excluding steroid dienone is 3. The third kappa shape index (κ3) is 40.1. The van der Waals surface area contributed by atoms with Gasteiger partial charge in [0.25, 0.3) is 0 Å². The molecule has 0 rings (SSSR count). The quantitative estimate of drug-likeness (QED) is 0.0432. The summed E-state index contributed by atoms with van der Waals surface area (Å²) in [5.74, 6) is -0.0661. The Morgan fingerprint density at radius 1 is 0.442 bits per heavy atom. The molecular weight excluding hydrogens is 639 g/mol. The molecular formula is C48H93NO3. The van der Waals surface area contributed by atoms with Crippen LogP contribution in [0.5, 0.6) is 0 Å². The van der Waals surface area contributed by atoms with Crippen molar-refractivity contribution in [2.24, 2.45) is 0 Å². The van der Waals surface area contributed by atoms with Gasteiger partial charge in [0.15, 0.2) is 0 Å². The van der Waals surface area contributed by atoms with Gasteiger partial charge in [0, 0.05) is 6.42 Å². The maximum Gasteiger partial charge on any atom is 0.220 e. The van der Waals surface area contributed by atoms with Crippen LogP contribution in [0.25, 0.3) is 0 Å². The molecule has 0 saturated carbocycles. The van der Waals surface area contributed by atoms with Crippen LogP contribution in [0.15, 0.2) is 24.3 Å². The minimum Gasteiger partial charge on any atom is -0.394 e. The Labute approximate surface area is 326 Å². The molecule has 4 heteroatoms. The van der Waals surface area contributed by atoms with Gasteiger partial charge in [0.05, 0.1) is 18.8 Å². The van der Waals surface area contributed by atoms with Crippen LogP contribution in [0, 0.1) is 0 Å². The summed E-state index contributed by atoms with van der Waals surface area (Å²) in [5, 5.41) is 23.1. The molecule has 1 amide bonds. The summed E-state index contributed by atoms with van der Waals surface area (Å²) in [6.07, 6.45) is 57.2. The van der Waals surface area contributed by atoms with E-state index < -0.39 is 12.1 Å². The number of unbranched alkanes of at least 4 members (excludes halogenated alkanes) is 34. The van der Waals surface area contributed by atoms with Crippen LogP contribution in [0.3, 0.4) is 0 Å². The fourth-order valence-electron chi connectivity index (χ4n) is 7.29. The Morgan fingerprint density at radius 3 is 1.06 bits per heavy atom. The average molecular weight is 732 g/mol. The first-order valence-corrected chi connectivity index (χ1v) is 23.6. The number of carbonyl (C=O) groups is 1. The van der Waals surface area contributed by atoms with E-state index in [1.54, 1.807) is 6.08 Å². The van der Waals surface area contributed by atoms with Crippen molar-refractivity contribution >= 4 is 5.91 Å². The monoisotopic (exact) mass is 732 g/mol. The van der Waals surface area contributed by atoms with Gasteiger partial charge in [-0.25, -0.2) is 0 Å². The molecule has 52 heavy (non-hydrogen) atoms. The molecule has 0 heterocycles. The fourth-order valence-corrected chi connectivity index (χ4v) is 7.29. The number of amides is 1. The van der Waals surface area contributed by atoms with Crippen molar-refractivity contribution in [3.05, 3.63) is 24.3 Å². The first kappa shape index (κ1) is 50.9. The Bertz CT molecular complexity index is 750. The highest BCUT2D eigenvalue weighted by Crippen LogP contribution is 2.16. The van der Waals surface area contributed by atoms with E-state index in [-0.39, 0.29) is 12.5 Å². The number of nitrogens with one attached hydrogen (secondary N) is 1. The SMILES string of the molecule is CCCCCCCC/C=C\CCCCCCCCCC(=O)NC(CO)C(O)/C=C/CCCCCCCCCCCCCCCCCCCCCCC. The lowest BCUT2D eigenvalue weighted by Crippen LogP contribution is -2.45. The highest BCUT2D eigenvalue weighted by Gasteiger charge is 2.17. The Hall–Kier alpha value is -1.13. The van der Waals surface area contributed by atoms with Gasteiger partial charge in [-0.3, -0.25) is 4.79 Å². The maximum atomic E-state index is 12.4. The zero-order chi connectivity index (χ0) is 37.8. The molecule has 2 unspecified atom stereocenters. The Morgan fingerprint density at radius 2 is 0.731 bits per heavy atom. The van der Waals surface area contributed by atoms with E-state index in [0.29, 0.717) is 6.42 Å². The molecule has 0 radical (unpaired) electrons. The van der Waals surface area contributed by atoms with Crippen LogP contribution >= 0.6 is 0 Å². The van der Waals surface area contributed by atoms with Crippen molar-refractivity contribution in [3.8, 4) is 0 Å². The number of aliphatic hydroxyl groups excluding tert-OH is 2. The normalized spacial score (nSPS) is 13.1. The summed E-state index contributed by atoms with van der Waals surface area (Å²) < 4.78 is 0. The smallest absolute Gasteiger partial charge is 0.220 e. The predicted octanol–water partition coefficient (Wildman–Crippen LogP) is 14.8. The second kappa shape index (κ2) is 44.3. The number of carbonyl (C=O) groups excluding carboxylic acids is 1. The van der Waals surface area contributed by atoms with E-state index in [0.717, 1.165) is 25.7 Å². The summed E-state index contributed by atoms with van der Waals surface area (Å²) >= 11 is 0. The van der Waals surface area contributed by atoms with Crippen molar-refractivity contribution < 1.29 is 15.0 Å². The highest BCUT2D eigenvalue weighted by molar-refractivity contribution is 5.76. The van der Waals surface area contributed by atoms with E-state index in [4.69, 9.17) is 0 Å². The molecule has 0 aromatic heterocycles. The average Bonchev–Trinajstić information content (AvgIpc) is 3.15. The van der Waals surface area contributed by atoms with Gasteiger partial charge in [-0.15, -0.1) is 0 Å². The lowest BCUT2D eigenvalue weighted by molar-refractivity contribution is -0.123. The highest BCUT2D eigenvalue weighted by atomic mass is 16.3. The lowest BCUT2D eigenvalue weighted by atomic mass is 10.0. The van der Waals surface area contributed by atoms with Gasteiger partial charge < -0.3 is 15.5 Å². The molecule has 0 aromatic rings. The Kier molecular flexibility index (Phi) is 43.3. The number of hydrogen-bond acceptors (Lipinski definition) is 3. The number of hydrogen-bond donors (Lipinski definition) is 3. The first-order chi connectivity index (χ1) is 25.7. The van der Waals surface area contributed by atoms with Gasteiger partial charge in [-0.2, -0.15) is 0 Å². The summed E-state index contributed by atoms with van der Waals surface area (Å²) in [6, 6.07) is -0.622. The number of rotatable bonds is 43. The summed E-state index contributed by atoms with van der Waals surface area (Å²) in [6.45, 7) is 4.32. The van der Waals surface area contributed by atoms with Crippen LogP contribution < -0.4 is 5.32 Å². The van der Waals surface area contributed by atoms with E-state index in [1.165, 1.54) is 212 Å². The summed E-state index contributed by atoms with van der Waals surface area (Å²) in [7, 11) is 0. The van der Waals surface area contributed by atoms with Gasteiger partial charge in [-0.05, 0) is 44.9 Å². The topological polar surface area (TPSA) is 69.6 Å². The first-order valence-electron chi connectivity index (χ1n) is 23.6. The zero-order valence-electron chi connectivity index (χ0n) is 35.3. The third-order valence-electron chi connectivity index (χ3n) is 10.9. The van der Waals surface area contributed by atoms with Gasteiger partial charge in [0.2, 0.25) is 5.91 Å². The molecule has 4 nitrogen and oxygen atoms in total. The van der Waals surface area contributed by atoms with Crippen molar-refractivity contribution in [2.75, 3.05) is 6.61 Å². The van der Waals surface area contributed by atoms with Crippen molar-refractivity contribution in [1.82, 2.24) is 5.32 Å². The number of aliphatic hydroxyl groups is 2. The van der Waals surface area contributed by atoms with E-state index in [2.05, 4.69) is 31.3 Å². The third-order valence-corrected chi connectivity index (χ3v) is 10.9. The lowest BCUT2D eigenvalue weighted by Gasteiger charge is -2.20. The molecule has 2 atom stereocenters. The maximum absolute atomic E-state index is 12.4. The molecule has 0 aromatic carbocycles. The molecule has 0 bridgehead atoms. The molecule has 0 aliphatic rings. The van der Waals surface area contributed by atoms with Crippen molar-refractivity contribution in [2.45, 2.75) is 270 Å². The molecule has 0 aliphatic carbocycles. The van der Waals surface area contributed by atoms with Crippen molar-refractivity contribution in [3.63, 3.8) is 0 Å². The van der Waals surface area contributed by atoms with E-state index in [9.17, 15) is 15.0 Å². The molecule has 0 aliphatic heterocycles. The van der Waals surface area contributed by atoms with Crippen LogP contribution in [0.2, 0.25) is 0 Å². The minimum absolute atomic E-state index is 0.0661. The van der Waals surface area contributed by atoms with Crippen LogP contribution in [0.4, 0.5) is 0 Å². The summed E-state index contributed by atoms with van der Waals surface area (Å²) in [4.78, 5) is 12.4. The molecule has 0 saturated heterocycles. The van der Waals surface area contributed by atoms with Crippen LogP contribution in [-0.2, 0) is 4.79 Å². The van der Waals surface area contributed by atoms with Crippen molar-refractivity contribution in [1.29, 1.82) is 0 Å². The molecule has 308 valence electrons. The largest absolute Gasteiger partial charge is 0.394 e. The van der Waals surface area contributed by atoms with Gasteiger partial charge >= 0.3 is 0 Å². The zero-order valence-corrected chi connectivity index (χ0v) is 35.3. The Balaban J connectivity index is 3.53. The fraction of sp³-hybridized carbons (Fsp3) is 0.896. The summed E-state index contributed by atoms with van der Waals surface area (Å²) in [5.41, 5.74) is 0. The minimum atomic E-state index is -0.839. The standard InChI is InChI=1S/C48H93NO3/c1-3-5-7-9-11-13-15-17-19-21-22-23-24-25-26-28-29-31-33-35-37-39-41-43-47(51)46(45-50)49-48(52)44-42-40-38-36-34-32-30-27-20-18-16-14-12-10-8-6-4-2/h18,20,41,43,46-47,50-51H,3-17,19,21-40,42,44-45H2,1-2H3,(H,49,52)/b20-18-,43-41+. The predicted molar refractivity (Wildman–Crippen MR) is 230 cm³/mol. The second-order valence-corrected chi connectivity index (χ2v) is 16.2. The van der Waals surface area contributed by atoms with E-state index >= 15 is 0 Å². The van der Waals surface area contributed by atoms with Gasteiger partial charge in [0.1, 0.15) is 0 Å². The van der Waals surface area contributed by atoms with Gasteiger partial charge in [-0.1, -0.05) is 231 Å². The second-order valence-electron chi connectivity index (χ2n) is 16.2. The molecule has 3 N–H and O–H groups in total.